The molecular weight excluding hydrogens is 208 g/mol. The molecule has 1 aromatic heterocycles. The number of anilines is 1. The lowest BCUT2D eigenvalue weighted by Crippen LogP contribution is -2.12. The summed E-state index contributed by atoms with van der Waals surface area (Å²) in [4.78, 5) is 0. The van der Waals surface area contributed by atoms with Gasteiger partial charge in [0.1, 0.15) is 0 Å². The first-order valence-electron chi connectivity index (χ1n) is 5.51. The van der Waals surface area contributed by atoms with E-state index in [1.54, 1.807) is 0 Å². The Bertz CT molecular complexity index is 288. The van der Waals surface area contributed by atoms with E-state index in [4.69, 9.17) is 9.15 Å². The predicted molar refractivity (Wildman–Crippen MR) is 61.2 cm³/mol. The molecule has 0 atom stereocenters. The van der Waals surface area contributed by atoms with Crippen LogP contribution in [0.3, 0.4) is 0 Å². The highest BCUT2D eigenvalue weighted by atomic mass is 16.5. The molecule has 92 valence electrons. The van der Waals surface area contributed by atoms with E-state index < -0.39 is 0 Å². The van der Waals surface area contributed by atoms with Crippen LogP contribution >= 0.6 is 0 Å². The third-order valence-corrected chi connectivity index (χ3v) is 1.77. The molecular formula is C10H20N4O2. The Morgan fingerprint density at radius 1 is 1.38 bits per heavy atom. The summed E-state index contributed by atoms with van der Waals surface area (Å²) in [5.74, 6) is 1.14. The molecule has 0 saturated carbocycles. The van der Waals surface area contributed by atoms with Gasteiger partial charge in [0.15, 0.2) is 0 Å². The van der Waals surface area contributed by atoms with Crippen LogP contribution in [0.5, 0.6) is 0 Å². The van der Waals surface area contributed by atoms with Gasteiger partial charge in [-0.15, -0.1) is 5.10 Å². The molecule has 0 saturated heterocycles. The number of rotatable bonds is 8. The van der Waals surface area contributed by atoms with Crippen LogP contribution in [0.1, 0.15) is 19.7 Å². The molecule has 0 aliphatic heterocycles. The van der Waals surface area contributed by atoms with Crippen LogP contribution in [0, 0.1) is 5.92 Å². The quantitative estimate of drug-likeness (QED) is 0.643. The first-order chi connectivity index (χ1) is 7.72. The van der Waals surface area contributed by atoms with Gasteiger partial charge in [-0.1, -0.05) is 18.9 Å². The summed E-state index contributed by atoms with van der Waals surface area (Å²) >= 11 is 0. The molecule has 0 spiro atoms. The van der Waals surface area contributed by atoms with Gasteiger partial charge in [0.25, 0.3) is 0 Å². The van der Waals surface area contributed by atoms with Crippen LogP contribution in [-0.2, 0) is 11.3 Å². The highest BCUT2D eigenvalue weighted by molar-refractivity contribution is 5.16. The van der Waals surface area contributed by atoms with Crippen molar-refractivity contribution in [3.63, 3.8) is 0 Å². The summed E-state index contributed by atoms with van der Waals surface area (Å²) in [6, 6.07) is 0.443. The molecule has 0 fully saturated rings. The van der Waals surface area contributed by atoms with Gasteiger partial charge in [-0.3, -0.25) is 0 Å². The van der Waals surface area contributed by atoms with Gasteiger partial charge in [0, 0.05) is 13.2 Å². The van der Waals surface area contributed by atoms with Crippen LogP contribution in [0.2, 0.25) is 0 Å². The van der Waals surface area contributed by atoms with Crippen molar-refractivity contribution in [2.24, 2.45) is 5.92 Å². The molecule has 0 bridgehead atoms. The van der Waals surface area contributed by atoms with E-state index in [0.717, 1.165) is 6.61 Å². The van der Waals surface area contributed by atoms with Gasteiger partial charge < -0.3 is 19.8 Å². The van der Waals surface area contributed by atoms with Crippen molar-refractivity contribution < 1.29 is 9.15 Å². The number of aromatic nitrogens is 2. The van der Waals surface area contributed by atoms with Gasteiger partial charge in [0.2, 0.25) is 5.89 Å². The maximum absolute atomic E-state index is 5.41. The number of nitrogens with zero attached hydrogens (tertiary/aromatic N) is 2. The molecule has 16 heavy (non-hydrogen) atoms. The summed E-state index contributed by atoms with van der Waals surface area (Å²) in [5, 5.41) is 13.6. The fraction of sp³-hybridized carbons (Fsp3) is 0.800. The predicted octanol–water partition coefficient (Wildman–Crippen LogP) is 0.873. The number of hydrogen-bond acceptors (Lipinski definition) is 6. The second-order valence-electron chi connectivity index (χ2n) is 3.93. The Morgan fingerprint density at radius 3 is 2.88 bits per heavy atom. The highest BCUT2D eigenvalue weighted by Crippen LogP contribution is 2.04. The van der Waals surface area contributed by atoms with Gasteiger partial charge in [-0.05, 0) is 13.0 Å². The fourth-order valence-electron chi connectivity index (χ4n) is 1.10. The van der Waals surface area contributed by atoms with E-state index in [9.17, 15) is 0 Å². The molecule has 0 aliphatic carbocycles. The van der Waals surface area contributed by atoms with Crippen molar-refractivity contribution >= 4 is 6.01 Å². The lowest BCUT2D eigenvalue weighted by atomic mass is 10.2. The Labute approximate surface area is 95.8 Å². The van der Waals surface area contributed by atoms with Crippen molar-refractivity contribution in [3.8, 4) is 0 Å². The summed E-state index contributed by atoms with van der Waals surface area (Å²) in [5.41, 5.74) is 0. The molecule has 1 heterocycles. The fourth-order valence-corrected chi connectivity index (χ4v) is 1.10. The number of nitrogens with one attached hydrogen (secondary N) is 2. The van der Waals surface area contributed by atoms with E-state index in [-0.39, 0.29) is 0 Å². The topological polar surface area (TPSA) is 72.2 Å². The summed E-state index contributed by atoms with van der Waals surface area (Å²) < 4.78 is 10.7. The molecule has 6 nitrogen and oxygen atoms in total. The lowest BCUT2D eigenvalue weighted by Gasteiger charge is -2.06. The van der Waals surface area contributed by atoms with Gasteiger partial charge >= 0.3 is 6.01 Å². The van der Waals surface area contributed by atoms with Gasteiger partial charge in [-0.2, -0.15) is 0 Å². The summed E-state index contributed by atoms with van der Waals surface area (Å²) in [6.45, 7) is 6.91. The Balaban J connectivity index is 2.12. The van der Waals surface area contributed by atoms with Crippen molar-refractivity contribution in [2.75, 3.05) is 32.1 Å². The minimum absolute atomic E-state index is 0.443. The minimum atomic E-state index is 0.443. The van der Waals surface area contributed by atoms with E-state index in [2.05, 4.69) is 34.7 Å². The molecule has 0 aliphatic rings. The molecule has 0 aromatic carbocycles. The first kappa shape index (κ1) is 12.9. The molecule has 6 heteroatoms. The Morgan fingerprint density at radius 2 is 2.19 bits per heavy atom. The zero-order valence-electron chi connectivity index (χ0n) is 10.1. The van der Waals surface area contributed by atoms with E-state index in [1.165, 1.54) is 0 Å². The second-order valence-corrected chi connectivity index (χ2v) is 3.93. The van der Waals surface area contributed by atoms with Gasteiger partial charge in [-0.25, -0.2) is 0 Å². The van der Waals surface area contributed by atoms with Crippen LogP contribution in [0.4, 0.5) is 6.01 Å². The first-order valence-corrected chi connectivity index (χ1v) is 5.51. The van der Waals surface area contributed by atoms with E-state index >= 15 is 0 Å². The lowest BCUT2D eigenvalue weighted by molar-refractivity contribution is 0.118. The van der Waals surface area contributed by atoms with Gasteiger partial charge in [0.05, 0.1) is 13.2 Å². The maximum atomic E-state index is 5.41. The van der Waals surface area contributed by atoms with Crippen LogP contribution in [0.15, 0.2) is 4.42 Å². The zero-order chi connectivity index (χ0) is 11.8. The molecule has 1 aromatic rings. The van der Waals surface area contributed by atoms with Crippen LogP contribution < -0.4 is 10.6 Å². The molecule has 0 unspecified atom stereocenters. The van der Waals surface area contributed by atoms with Crippen molar-refractivity contribution in [1.29, 1.82) is 0 Å². The average Bonchev–Trinajstić information content (AvgIpc) is 2.65. The van der Waals surface area contributed by atoms with E-state index in [0.29, 0.717) is 37.5 Å². The number of hydrogen-bond donors (Lipinski definition) is 2. The van der Waals surface area contributed by atoms with E-state index in [1.807, 2.05) is 7.05 Å². The smallest absolute Gasteiger partial charge is 0.315 e. The normalized spacial score (nSPS) is 11.0. The molecule has 0 amide bonds. The monoisotopic (exact) mass is 228 g/mol. The standard InChI is InChI=1S/C10H20N4O2/c1-8(2)7-15-5-4-12-10-14-13-9(16-10)6-11-3/h8,11H,4-7H2,1-3H3,(H,12,14). The molecule has 2 N–H and O–H groups in total. The maximum Gasteiger partial charge on any atom is 0.315 e. The van der Waals surface area contributed by atoms with Crippen molar-refractivity contribution in [3.05, 3.63) is 5.89 Å². The van der Waals surface area contributed by atoms with Crippen molar-refractivity contribution in [2.45, 2.75) is 20.4 Å². The van der Waals surface area contributed by atoms with Crippen LogP contribution in [0.25, 0.3) is 0 Å². The third kappa shape index (κ3) is 5.09. The molecule has 1 rings (SSSR count). The van der Waals surface area contributed by atoms with Crippen LogP contribution in [-0.4, -0.2) is 37.0 Å². The summed E-state index contributed by atoms with van der Waals surface area (Å²) in [7, 11) is 1.83. The Kier molecular flexibility index (Phi) is 5.81. The van der Waals surface area contributed by atoms with Crippen molar-refractivity contribution in [1.82, 2.24) is 15.5 Å². The minimum Gasteiger partial charge on any atom is -0.407 e. The molecule has 0 radical (unpaired) electrons. The third-order valence-electron chi connectivity index (χ3n) is 1.77. The summed E-state index contributed by atoms with van der Waals surface area (Å²) in [6.07, 6.45) is 0. The number of ether oxygens (including phenoxy) is 1. The average molecular weight is 228 g/mol. The largest absolute Gasteiger partial charge is 0.407 e. The highest BCUT2D eigenvalue weighted by Gasteiger charge is 2.03. The SMILES string of the molecule is CNCc1nnc(NCCOCC(C)C)o1. The Hall–Kier alpha value is -1.14. The second kappa shape index (κ2) is 7.19. The zero-order valence-corrected chi connectivity index (χ0v) is 10.1.